The minimum absolute atomic E-state index is 0.150. The molecule has 10 nitrogen and oxygen atoms in total. The van der Waals surface area contributed by atoms with E-state index in [1.54, 1.807) is 6.26 Å². The lowest BCUT2D eigenvalue weighted by Gasteiger charge is -2.31. The largest absolute Gasteiger partial charge is 0.461 e. The van der Waals surface area contributed by atoms with Gasteiger partial charge in [-0.05, 0) is 65.5 Å². The Morgan fingerprint density at radius 2 is 1.97 bits per heavy atom. The molecule has 0 saturated heterocycles. The Labute approximate surface area is 189 Å². The number of hydrogen-bond acceptors (Lipinski definition) is 6. The minimum Gasteiger partial charge on any atom is -0.461 e. The van der Waals surface area contributed by atoms with Crippen LogP contribution in [-0.2, 0) is 11.2 Å². The number of furan rings is 1. The van der Waals surface area contributed by atoms with Crippen molar-refractivity contribution in [3.63, 3.8) is 0 Å². The average molecular weight is 446 g/mol. The molecule has 1 fully saturated rings. The van der Waals surface area contributed by atoms with Gasteiger partial charge in [0.15, 0.2) is 11.7 Å². The van der Waals surface area contributed by atoms with Crippen LogP contribution in [0.3, 0.4) is 0 Å². The molecular formula is C22H35N7O3. The van der Waals surface area contributed by atoms with Crippen LogP contribution in [0.2, 0.25) is 0 Å². The molecular weight excluding hydrogens is 410 g/mol. The number of nitrogens with one attached hydrogen (secondary N) is 4. The number of aliphatic imine (C=N–C) groups is 1. The van der Waals surface area contributed by atoms with Gasteiger partial charge in [-0.3, -0.25) is 10.1 Å². The maximum atomic E-state index is 12.0. The van der Waals surface area contributed by atoms with Gasteiger partial charge in [-0.1, -0.05) is 0 Å². The van der Waals surface area contributed by atoms with E-state index < -0.39 is 5.60 Å². The maximum Gasteiger partial charge on any atom is 0.407 e. The molecule has 0 atom stereocenters. The van der Waals surface area contributed by atoms with Gasteiger partial charge in [0.1, 0.15) is 11.4 Å². The number of carbonyl (C=O) groups excluding carboxylic acids is 1. The van der Waals surface area contributed by atoms with Gasteiger partial charge in [0, 0.05) is 31.6 Å². The summed E-state index contributed by atoms with van der Waals surface area (Å²) in [6.45, 7) is 9.02. The van der Waals surface area contributed by atoms with Gasteiger partial charge in [0.2, 0.25) is 5.82 Å². The molecule has 2 aromatic heterocycles. The molecule has 1 amide bonds. The van der Waals surface area contributed by atoms with Crippen LogP contribution in [0, 0.1) is 0 Å². The number of guanidine groups is 1. The summed E-state index contributed by atoms with van der Waals surface area (Å²) in [5, 5.41) is 16.9. The first-order chi connectivity index (χ1) is 15.3. The van der Waals surface area contributed by atoms with Crippen molar-refractivity contribution in [1.82, 2.24) is 31.1 Å². The Morgan fingerprint density at radius 3 is 2.59 bits per heavy atom. The zero-order valence-electron chi connectivity index (χ0n) is 19.4. The lowest BCUT2D eigenvalue weighted by molar-refractivity contribution is 0.0490. The second-order valence-corrected chi connectivity index (χ2v) is 8.93. The minimum atomic E-state index is -0.480. The average Bonchev–Trinajstić information content (AvgIpc) is 3.40. The summed E-state index contributed by atoms with van der Waals surface area (Å²) in [6.07, 6.45) is 5.64. The normalized spacial score (nSPS) is 19.4. The first-order valence-corrected chi connectivity index (χ1v) is 11.3. The molecule has 0 unspecified atom stereocenters. The van der Waals surface area contributed by atoms with Crippen LogP contribution < -0.4 is 16.0 Å². The fourth-order valence-electron chi connectivity index (χ4n) is 3.57. The van der Waals surface area contributed by atoms with Gasteiger partial charge in [0.05, 0.1) is 6.26 Å². The van der Waals surface area contributed by atoms with Crippen molar-refractivity contribution in [2.24, 2.45) is 4.99 Å². The summed E-state index contributed by atoms with van der Waals surface area (Å²) in [4.78, 5) is 21.1. The van der Waals surface area contributed by atoms with Crippen molar-refractivity contribution < 1.29 is 13.9 Å². The summed E-state index contributed by atoms with van der Waals surface area (Å²) < 4.78 is 10.7. The van der Waals surface area contributed by atoms with E-state index in [9.17, 15) is 4.79 Å². The molecule has 10 heteroatoms. The molecule has 2 heterocycles. The molecule has 0 bridgehead atoms. The molecule has 2 aromatic rings. The van der Waals surface area contributed by atoms with Crippen molar-refractivity contribution in [2.45, 2.75) is 77.5 Å². The van der Waals surface area contributed by atoms with Gasteiger partial charge in [-0.25, -0.2) is 9.78 Å². The number of H-pyrrole nitrogens is 1. The number of nitrogens with zero attached hydrogens (tertiary/aromatic N) is 3. The van der Waals surface area contributed by atoms with E-state index in [0.717, 1.165) is 44.0 Å². The van der Waals surface area contributed by atoms with Crippen molar-refractivity contribution in [3.8, 4) is 11.6 Å². The lowest BCUT2D eigenvalue weighted by atomic mass is 9.91. The van der Waals surface area contributed by atoms with Crippen LogP contribution in [0.25, 0.3) is 11.6 Å². The second-order valence-electron chi connectivity index (χ2n) is 8.93. The summed E-state index contributed by atoms with van der Waals surface area (Å²) >= 11 is 0. The fraction of sp³-hybridized carbons (Fsp3) is 0.636. The van der Waals surface area contributed by atoms with E-state index in [1.165, 1.54) is 0 Å². The molecule has 0 spiro atoms. The van der Waals surface area contributed by atoms with Gasteiger partial charge in [-0.2, -0.15) is 5.10 Å². The summed E-state index contributed by atoms with van der Waals surface area (Å²) in [7, 11) is 0. The molecule has 176 valence electrons. The van der Waals surface area contributed by atoms with Crippen LogP contribution in [0.15, 0.2) is 27.8 Å². The van der Waals surface area contributed by atoms with E-state index in [4.69, 9.17) is 9.15 Å². The first-order valence-electron chi connectivity index (χ1n) is 11.3. The van der Waals surface area contributed by atoms with Gasteiger partial charge < -0.3 is 25.1 Å². The van der Waals surface area contributed by atoms with Gasteiger partial charge in [-0.15, -0.1) is 0 Å². The molecule has 1 saturated carbocycles. The number of ether oxygens (including phenoxy) is 1. The summed E-state index contributed by atoms with van der Waals surface area (Å²) in [5.41, 5.74) is -0.480. The first kappa shape index (κ1) is 23.6. The molecule has 3 rings (SSSR count). The number of aromatic nitrogens is 3. The Hall–Kier alpha value is -3.04. The van der Waals surface area contributed by atoms with E-state index in [1.807, 2.05) is 39.8 Å². The van der Waals surface area contributed by atoms with Crippen LogP contribution in [0.1, 0.15) is 59.2 Å². The summed E-state index contributed by atoms with van der Waals surface area (Å²) in [6, 6.07) is 4.11. The van der Waals surface area contributed by atoms with Crippen molar-refractivity contribution >= 4 is 12.1 Å². The van der Waals surface area contributed by atoms with E-state index >= 15 is 0 Å². The highest BCUT2D eigenvalue weighted by atomic mass is 16.6. The van der Waals surface area contributed by atoms with Gasteiger partial charge in [0.25, 0.3) is 0 Å². The zero-order valence-corrected chi connectivity index (χ0v) is 19.4. The molecule has 4 N–H and O–H groups in total. The number of hydrogen-bond donors (Lipinski definition) is 4. The highest BCUT2D eigenvalue weighted by Crippen LogP contribution is 2.19. The Bertz CT molecular complexity index is 862. The van der Waals surface area contributed by atoms with Crippen molar-refractivity contribution in [1.29, 1.82) is 0 Å². The third kappa shape index (κ3) is 7.58. The third-order valence-corrected chi connectivity index (χ3v) is 5.02. The number of aromatic amines is 1. The SMILES string of the molecule is CCNC(=NCCc1nc(-c2ccco2)n[nH]1)NC1CCC(NC(=O)OC(C)(C)C)CC1. The Kier molecular flexibility index (Phi) is 8.13. The zero-order chi connectivity index (χ0) is 23.0. The molecule has 1 aliphatic rings. The maximum absolute atomic E-state index is 12.0. The standard InChI is InChI=1S/C22H35N7O3/c1-5-23-20(24-13-12-18-27-19(29-28-18)17-7-6-14-31-17)25-15-8-10-16(11-9-15)26-21(30)32-22(2,3)4/h6-7,14-16H,5,8-13H2,1-4H3,(H,26,30)(H2,23,24,25)(H,27,28,29). The van der Waals surface area contributed by atoms with Crippen LogP contribution in [-0.4, -0.2) is 58.0 Å². The second kappa shape index (κ2) is 11.0. The van der Waals surface area contributed by atoms with Crippen LogP contribution in [0.5, 0.6) is 0 Å². The Balaban J connectivity index is 1.43. The molecule has 0 aromatic carbocycles. The number of amides is 1. The van der Waals surface area contributed by atoms with Gasteiger partial charge >= 0.3 is 6.09 Å². The predicted octanol–water partition coefficient (Wildman–Crippen LogP) is 3.00. The Morgan fingerprint density at radius 1 is 1.25 bits per heavy atom. The van der Waals surface area contributed by atoms with Crippen LogP contribution >= 0.6 is 0 Å². The molecule has 0 aliphatic heterocycles. The van der Waals surface area contributed by atoms with Crippen LogP contribution in [0.4, 0.5) is 4.79 Å². The molecule has 32 heavy (non-hydrogen) atoms. The highest BCUT2D eigenvalue weighted by Gasteiger charge is 2.25. The van der Waals surface area contributed by atoms with Crippen molar-refractivity contribution in [2.75, 3.05) is 13.1 Å². The monoisotopic (exact) mass is 445 g/mol. The smallest absolute Gasteiger partial charge is 0.407 e. The lowest BCUT2D eigenvalue weighted by Crippen LogP contribution is -2.48. The predicted molar refractivity (Wildman–Crippen MR) is 122 cm³/mol. The fourth-order valence-corrected chi connectivity index (χ4v) is 3.57. The quantitative estimate of drug-likeness (QED) is 0.381. The van der Waals surface area contributed by atoms with E-state index in [-0.39, 0.29) is 12.1 Å². The molecule has 1 aliphatic carbocycles. The number of alkyl carbamates (subject to hydrolysis) is 1. The van der Waals surface area contributed by atoms with Crippen molar-refractivity contribution in [3.05, 3.63) is 24.2 Å². The number of rotatable bonds is 7. The summed E-state index contributed by atoms with van der Waals surface area (Å²) in [5.74, 6) is 2.75. The van der Waals surface area contributed by atoms with E-state index in [2.05, 4.69) is 36.1 Å². The van der Waals surface area contributed by atoms with E-state index in [0.29, 0.717) is 30.6 Å². The third-order valence-electron chi connectivity index (χ3n) is 5.02. The topological polar surface area (TPSA) is 129 Å². The highest BCUT2D eigenvalue weighted by molar-refractivity contribution is 5.80. The number of carbonyl (C=O) groups is 1. The molecule has 0 radical (unpaired) electrons.